The van der Waals surface area contributed by atoms with Gasteiger partial charge in [0.2, 0.25) is 0 Å². The first kappa shape index (κ1) is 7.81. The SMILES string of the molecule is N=C(Cl)/C=C\c1ncc(N)[nH]1. The number of nitrogens with one attached hydrogen (secondary N) is 2. The van der Waals surface area contributed by atoms with Gasteiger partial charge in [0, 0.05) is 0 Å². The van der Waals surface area contributed by atoms with Crippen LogP contribution in [0, 0.1) is 5.41 Å². The number of nitrogens with zero attached hydrogens (tertiary/aromatic N) is 1. The smallest absolute Gasteiger partial charge is 0.131 e. The maximum atomic E-state index is 6.86. The summed E-state index contributed by atoms with van der Waals surface area (Å²) >= 11 is 5.26. The van der Waals surface area contributed by atoms with Gasteiger partial charge in [0.1, 0.15) is 16.8 Å². The zero-order valence-corrected chi connectivity index (χ0v) is 6.39. The van der Waals surface area contributed by atoms with Crippen LogP contribution in [0.2, 0.25) is 0 Å². The van der Waals surface area contributed by atoms with Crippen LogP contribution in [0.15, 0.2) is 12.3 Å². The predicted molar refractivity (Wildman–Crippen MR) is 45.6 cm³/mol. The number of aromatic amines is 1. The maximum absolute atomic E-state index is 6.86. The van der Waals surface area contributed by atoms with Gasteiger partial charge in [-0.1, -0.05) is 11.6 Å². The van der Waals surface area contributed by atoms with Crippen molar-refractivity contribution in [2.45, 2.75) is 0 Å². The third-order valence-corrected chi connectivity index (χ3v) is 1.13. The van der Waals surface area contributed by atoms with Crippen LogP contribution < -0.4 is 5.73 Å². The molecule has 58 valence electrons. The predicted octanol–water partition coefficient (Wildman–Crippen LogP) is 1.22. The number of hydrogen-bond donors (Lipinski definition) is 3. The third-order valence-electron chi connectivity index (χ3n) is 1.00. The summed E-state index contributed by atoms with van der Waals surface area (Å²) in [5, 5.41) is 6.81. The minimum absolute atomic E-state index is 0.0417. The largest absolute Gasteiger partial charge is 0.384 e. The van der Waals surface area contributed by atoms with E-state index < -0.39 is 0 Å². The summed E-state index contributed by atoms with van der Waals surface area (Å²) in [4.78, 5) is 6.62. The lowest BCUT2D eigenvalue weighted by Gasteiger charge is -1.82. The summed E-state index contributed by atoms with van der Waals surface area (Å²) in [5.74, 6) is 1.08. The fraction of sp³-hybridized carbons (Fsp3) is 0. The summed E-state index contributed by atoms with van der Waals surface area (Å²) in [7, 11) is 0. The fourth-order valence-electron chi connectivity index (χ4n) is 0.588. The van der Waals surface area contributed by atoms with Crippen LogP contribution in [-0.2, 0) is 0 Å². The molecule has 0 atom stereocenters. The number of halogens is 1. The standard InChI is InChI=1S/C6H7ClN4/c7-4(8)1-2-6-10-3-5(9)11-6/h1-3,8H,9H2,(H,10,11)/b2-1-,8-4?. The van der Waals surface area contributed by atoms with Gasteiger partial charge in [0.15, 0.2) is 0 Å². The van der Waals surface area contributed by atoms with Gasteiger partial charge in [-0.15, -0.1) is 0 Å². The molecule has 0 amide bonds. The highest BCUT2D eigenvalue weighted by Crippen LogP contribution is 1.99. The van der Waals surface area contributed by atoms with Crippen LogP contribution in [0.3, 0.4) is 0 Å². The normalized spacial score (nSPS) is 10.6. The van der Waals surface area contributed by atoms with E-state index in [1.54, 1.807) is 6.08 Å². The lowest BCUT2D eigenvalue weighted by Crippen LogP contribution is -1.82. The number of aromatic nitrogens is 2. The van der Waals surface area contributed by atoms with E-state index >= 15 is 0 Å². The van der Waals surface area contributed by atoms with Crippen molar-refractivity contribution in [1.82, 2.24) is 9.97 Å². The molecule has 1 heterocycles. The second-order valence-corrected chi connectivity index (χ2v) is 2.31. The molecule has 0 spiro atoms. The van der Waals surface area contributed by atoms with Gasteiger partial charge < -0.3 is 10.7 Å². The van der Waals surface area contributed by atoms with Crippen molar-refractivity contribution in [3.8, 4) is 0 Å². The number of nitrogen functional groups attached to an aromatic ring is 1. The first-order chi connectivity index (χ1) is 5.18. The second-order valence-electron chi connectivity index (χ2n) is 1.91. The molecule has 0 saturated carbocycles. The molecule has 0 bridgehead atoms. The summed E-state index contributed by atoms with van der Waals surface area (Å²) in [6, 6.07) is 0. The van der Waals surface area contributed by atoms with Gasteiger partial charge in [0.25, 0.3) is 0 Å². The first-order valence-electron chi connectivity index (χ1n) is 2.91. The number of nitrogens with two attached hydrogens (primary N) is 1. The lowest BCUT2D eigenvalue weighted by molar-refractivity contribution is 1.27. The van der Waals surface area contributed by atoms with E-state index in [0.717, 1.165) is 0 Å². The quantitative estimate of drug-likeness (QED) is 0.584. The Hall–Kier alpha value is -1.29. The average molecular weight is 171 g/mol. The Balaban J connectivity index is 2.71. The summed E-state index contributed by atoms with van der Waals surface area (Å²) in [5.41, 5.74) is 5.35. The number of hydrogen-bond acceptors (Lipinski definition) is 3. The average Bonchev–Trinajstić information content (AvgIpc) is 2.31. The highest BCUT2D eigenvalue weighted by molar-refractivity contribution is 6.67. The Morgan fingerprint density at radius 1 is 1.82 bits per heavy atom. The Morgan fingerprint density at radius 3 is 3.00 bits per heavy atom. The van der Waals surface area contributed by atoms with Crippen molar-refractivity contribution >= 4 is 28.7 Å². The first-order valence-corrected chi connectivity index (χ1v) is 3.29. The molecule has 5 heteroatoms. The van der Waals surface area contributed by atoms with Gasteiger partial charge in [0.05, 0.1) is 6.20 Å². The van der Waals surface area contributed by atoms with Crippen molar-refractivity contribution in [2.24, 2.45) is 0 Å². The van der Waals surface area contributed by atoms with E-state index in [0.29, 0.717) is 11.6 Å². The van der Waals surface area contributed by atoms with E-state index in [9.17, 15) is 0 Å². The zero-order chi connectivity index (χ0) is 8.27. The minimum Gasteiger partial charge on any atom is -0.384 e. The van der Waals surface area contributed by atoms with E-state index in [4.69, 9.17) is 22.7 Å². The van der Waals surface area contributed by atoms with E-state index in [1.807, 2.05) is 0 Å². The monoisotopic (exact) mass is 170 g/mol. The molecule has 4 nitrogen and oxygen atoms in total. The van der Waals surface area contributed by atoms with Gasteiger partial charge in [-0.25, -0.2) is 4.98 Å². The zero-order valence-electron chi connectivity index (χ0n) is 5.63. The molecule has 0 unspecified atom stereocenters. The van der Waals surface area contributed by atoms with Gasteiger partial charge in [-0.2, -0.15) is 0 Å². The van der Waals surface area contributed by atoms with Gasteiger partial charge in [-0.05, 0) is 12.2 Å². The van der Waals surface area contributed by atoms with Gasteiger partial charge in [-0.3, -0.25) is 5.41 Å². The van der Waals surface area contributed by atoms with Crippen molar-refractivity contribution in [2.75, 3.05) is 5.73 Å². The molecule has 0 saturated heterocycles. The van der Waals surface area contributed by atoms with Crippen LogP contribution in [0.4, 0.5) is 5.82 Å². The third kappa shape index (κ3) is 2.43. The van der Waals surface area contributed by atoms with Crippen molar-refractivity contribution in [3.63, 3.8) is 0 Å². The Morgan fingerprint density at radius 2 is 2.55 bits per heavy atom. The molecular weight excluding hydrogens is 164 g/mol. The molecule has 1 aromatic heterocycles. The van der Waals surface area contributed by atoms with Crippen LogP contribution in [0.5, 0.6) is 0 Å². The topological polar surface area (TPSA) is 78.6 Å². The fourth-order valence-corrected chi connectivity index (χ4v) is 0.651. The Labute approximate surface area is 68.6 Å². The van der Waals surface area contributed by atoms with Crippen molar-refractivity contribution in [3.05, 3.63) is 18.1 Å². The number of imidazole rings is 1. The molecular formula is C6H7ClN4. The highest BCUT2D eigenvalue weighted by Gasteiger charge is 1.90. The van der Waals surface area contributed by atoms with Crippen LogP contribution >= 0.6 is 11.6 Å². The Kier molecular flexibility index (Phi) is 2.28. The van der Waals surface area contributed by atoms with Crippen LogP contribution in [0.1, 0.15) is 5.82 Å². The summed E-state index contributed by atoms with van der Waals surface area (Å²) in [6.07, 6.45) is 4.49. The molecule has 0 fully saturated rings. The molecule has 0 aliphatic rings. The van der Waals surface area contributed by atoms with Crippen LogP contribution in [0.25, 0.3) is 6.08 Å². The molecule has 11 heavy (non-hydrogen) atoms. The van der Waals surface area contributed by atoms with Gasteiger partial charge >= 0.3 is 0 Å². The molecule has 0 aliphatic heterocycles. The van der Waals surface area contributed by atoms with Crippen molar-refractivity contribution < 1.29 is 0 Å². The molecule has 0 aliphatic carbocycles. The van der Waals surface area contributed by atoms with E-state index in [1.165, 1.54) is 12.3 Å². The summed E-state index contributed by atoms with van der Waals surface area (Å²) < 4.78 is 0. The number of anilines is 1. The Bertz CT molecular complexity index is 289. The molecule has 0 radical (unpaired) electrons. The van der Waals surface area contributed by atoms with Crippen molar-refractivity contribution in [1.29, 1.82) is 5.41 Å². The van der Waals surface area contributed by atoms with E-state index in [2.05, 4.69) is 9.97 Å². The molecule has 1 aromatic rings. The lowest BCUT2D eigenvalue weighted by atomic mass is 10.5. The number of H-pyrrole nitrogens is 1. The number of rotatable bonds is 2. The molecule has 1 rings (SSSR count). The maximum Gasteiger partial charge on any atom is 0.131 e. The second kappa shape index (κ2) is 3.21. The van der Waals surface area contributed by atoms with Crippen LogP contribution in [-0.4, -0.2) is 15.1 Å². The highest BCUT2D eigenvalue weighted by atomic mass is 35.5. The molecule has 0 aromatic carbocycles. The summed E-state index contributed by atoms with van der Waals surface area (Å²) in [6.45, 7) is 0. The number of allylic oxidation sites excluding steroid dienone is 1. The van der Waals surface area contributed by atoms with E-state index in [-0.39, 0.29) is 5.17 Å². The minimum atomic E-state index is -0.0417. The molecule has 4 N–H and O–H groups in total.